The number of primary amides is 1. The van der Waals surface area contributed by atoms with E-state index in [1.54, 1.807) is 4.52 Å². The number of aromatic amines is 1. The third kappa shape index (κ3) is 2.22. The van der Waals surface area contributed by atoms with Crippen molar-refractivity contribution in [2.24, 2.45) is 5.73 Å². The fourth-order valence-corrected chi connectivity index (χ4v) is 2.56. The molecule has 0 aliphatic rings. The maximum absolute atomic E-state index is 11.5. The van der Waals surface area contributed by atoms with E-state index in [2.05, 4.69) is 30.6 Å². The van der Waals surface area contributed by atoms with Crippen LogP contribution in [0.25, 0.3) is 16.7 Å². The first-order valence-corrected chi connectivity index (χ1v) is 7.40. The van der Waals surface area contributed by atoms with Crippen LogP contribution in [-0.4, -0.2) is 35.7 Å². The van der Waals surface area contributed by atoms with Gasteiger partial charge in [-0.3, -0.25) is 9.89 Å². The molecule has 4 N–H and O–H groups in total. The van der Waals surface area contributed by atoms with Gasteiger partial charge in [-0.05, 0) is 24.6 Å². The molecule has 0 spiro atoms. The molecule has 4 aromatic rings. The first-order chi connectivity index (χ1) is 11.7. The van der Waals surface area contributed by atoms with Crippen LogP contribution in [0.3, 0.4) is 0 Å². The topological polar surface area (TPSA) is 127 Å². The monoisotopic (exact) mass is 322 g/mol. The van der Waals surface area contributed by atoms with Crippen LogP contribution in [0.4, 0.5) is 11.5 Å². The Balaban J connectivity index is 1.80. The number of hydrogen-bond acceptors (Lipinski definition) is 6. The molecule has 0 radical (unpaired) electrons. The van der Waals surface area contributed by atoms with Gasteiger partial charge in [0.15, 0.2) is 5.69 Å². The maximum Gasteiger partial charge on any atom is 0.269 e. The lowest BCUT2D eigenvalue weighted by molar-refractivity contribution is 0.0997. The third-order valence-corrected chi connectivity index (χ3v) is 3.74. The highest BCUT2D eigenvalue weighted by Crippen LogP contribution is 2.23. The lowest BCUT2D eigenvalue weighted by atomic mass is 10.2. The normalized spacial score (nSPS) is 11.2. The van der Waals surface area contributed by atoms with Gasteiger partial charge in [-0.25, -0.2) is 4.98 Å². The summed E-state index contributed by atoms with van der Waals surface area (Å²) in [6.07, 6.45) is 2.24. The van der Waals surface area contributed by atoms with Crippen LogP contribution in [0.1, 0.15) is 23.1 Å². The van der Waals surface area contributed by atoms with E-state index in [1.165, 1.54) is 6.33 Å². The summed E-state index contributed by atoms with van der Waals surface area (Å²) >= 11 is 0. The largest absolute Gasteiger partial charge is 0.364 e. The number of nitrogens with one attached hydrogen (secondary N) is 2. The van der Waals surface area contributed by atoms with Crippen molar-refractivity contribution in [3.05, 3.63) is 42.0 Å². The van der Waals surface area contributed by atoms with Gasteiger partial charge in [0.25, 0.3) is 11.7 Å². The second kappa shape index (κ2) is 5.30. The SMILES string of the molecule is CCc1cc(Nc2ccc3[nH]nc(C(N)=O)c3c2)n2ncnc2n1. The van der Waals surface area contributed by atoms with Gasteiger partial charge in [0, 0.05) is 22.8 Å². The average molecular weight is 322 g/mol. The molecule has 0 saturated heterocycles. The number of amides is 1. The molecule has 120 valence electrons. The van der Waals surface area contributed by atoms with E-state index in [-0.39, 0.29) is 5.69 Å². The van der Waals surface area contributed by atoms with Crippen LogP contribution in [0.5, 0.6) is 0 Å². The number of aryl methyl sites for hydroxylation is 1. The van der Waals surface area contributed by atoms with Gasteiger partial charge in [0.05, 0.1) is 5.52 Å². The number of carbonyl (C=O) groups excluding carboxylic acids is 1. The Morgan fingerprint density at radius 2 is 2.25 bits per heavy atom. The molecule has 0 bridgehead atoms. The molecular formula is C15H14N8O. The predicted molar refractivity (Wildman–Crippen MR) is 88.1 cm³/mol. The third-order valence-electron chi connectivity index (χ3n) is 3.74. The van der Waals surface area contributed by atoms with Crippen LogP contribution in [0, 0.1) is 0 Å². The maximum atomic E-state index is 11.5. The van der Waals surface area contributed by atoms with E-state index >= 15 is 0 Å². The van der Waals surface area contributed by atoms with Crippen molar-refractivity contribution in [1.29, 1.82) is 0 Å². The molecule has 3 aromatic heterocycles. The number of rotatable bonds is 4. The molecule has 0 unspecified atom stereocenters. The van der Waals surface area contributed by atoms with Crippen molar-refractivity contribution in [3.63, 3.8) is 0 Å². The molecule has 9 heteroatoms. The number of anilines is 2. The van der Waals surface area contributed by atoms with Crippen molar-refractivity contribution in [1.82, 2.24) is 29.8 Å². The highest BCUT2D eigenvalue weighted by atomic mass is 16.1. The lowest BCUT2D eigenvalue weighted by Gasteiger charge is -2.09. The Bertz CT molecular complexity index is 1060. The van der Waals surface area contributed by atoms with Crippen molar-refractivity contribution < 1.29 is 4.79 Å². The molecule has 0 aliphatic carbocycles. The summed E-state index contributed by atoms with van der Waals surface area (Å²) < 4.78 is 1.62. The van der Waals surface area contributed by atoms with Gasteiger partial charge in [-0.2, -0.15) is 19.7 Å². The Hall–Kier alpha value is -3.49. The highest BCUT2D eigenvalue weighted by Gasteiger charge is 2.12. The zero-order chi connectivity index (χ0) is 16.7. The van der Waals surface area contributed by atoms with E-state index in [4.69, 9.17) is 5.73 Å². The summed E-state index contributed by atoms with van der Waals surface area (Å²) in [5, 5.41) is 14.9. The molecule has 4 rings (SSSR count). The quantitative estimate of drug-likeness (QED) is 0.521. The summed E-state index contributed by atoms with van der Waals surface area (Å²) in [6.45, 7) is 2.02. The van der Waals surface area contributed by atoms with Crippen LogP contribution >= 0.6 is 0 Å². The van der Waals surface area contributed by atoms with Gasteiger partial charge < -0.3 is 11.1 Å². The number of benzene rings is 1. The van der Waals surface area contributed by atoms with Crippen LogP contribution in [0.2, 0.25) is 0 Å². The molecule has 1 aromatic carbocycles. The summed E-state index contributed by atoms with van der Waals surface area (Å²) in [4.78, 5) is 20.0. The molecule has 3 heterocycles. The smallest absolute Gasteiger partial charge is 0.269 e. The first-order valence-electron chi connectivity index (χ1n) is 7.40. The number of fused-ring (bicyclic) bond motifs is 2. The standard InChI is InChI=1S/C15H14N8O/c1-2-8-6-12(23-15(20-8)17-7-18-23)19-9-3-4-11-10(5-9)13(14(16)24)22-21-11/h3-7,19H,2H2,1H3,(H2,16,24)(H,21,22). The minimum Gasteiger partial charge on any atom is -0.364 e. The average Bonchev–Trinajstić information content (AvgIpc) is 3.20. The van der Waals surface area contributed by atoms with E-state index in [0.717, 1.165) is 29.1 Å². The fourth-order valence-electron chi connectivity index (χ4n) is 2.56. The van der Waals surface area contributed by atoms with E-state index < -0.39 is 5.91 Å². The lowest BCUT2D eigenvalue weighted by Crippen LogP contribution is -2.11. The second-order valence-electron chi connectivity index (χ2n) is 5.28. The molecule has 0 atom stereocenters. The first kappa shape index (κ1) is 14.1. The van der Waals surface area contributed by atoms with Gasteiger partial charge >= 0.3 is 0 Å². The fraction of sp³-hybridized carbons (Fsp3) is 0.133. The molecule has 1 amide bonds. The summed E-state index contributed by atoms with van der Waals surface area (Å²) in [7, 11) is 0. The minimum absolute atomic E-state index is 0.212. The predicted octanol–water partition coefficient (Wildman–Crippen LogP) is 1.41. The van der Waals surface area contributed by atoms with Gasteiger partial charge in [-0.1, -0.05) is 6.92 Å². The number of H-pyrrole nitrogens is 1. The highest BCUT2D eigenvalue weighted by molar-refractivity contribution is 6.04. The van der Waals surface area contributed by atoms with Crippen molar-refractivity contribution in [2.45, 2.75) is 13.3 Å². The Morgan fingerprint density at radius 1 is 1.38 bits per heavy atom. The summed E-state index contributed by atoms with van der Waals surface area (Å²) in [5.41, 5.74) is 7.98. The van der Waals surface area contributed by atoms with E-state index in [0.29, 0.717) is 11.2 Å². The summed E-state index contributed by atoms with van der Waals surface area (Å²) in [6, 6.07) is 7.43. The Labute approximate surface area is 135 Å². The van der Waals surface area contributed by atoms with Gasteiger partial charge in [0.1, 0.15) is 12.1 Å². The molecule has 0 saturated carbocycles. The molecular weight excluding hydrogens is 308 g/mol. The number of nitrogens with zero attached hydrogens (tertiary/aromatic N) is 5. The van der Waals surface area contributed by atoms with E-state index in [9.17, 15) is 4.79 Å². The zero-order valence-electron chi connectivity index (χ0n) is 12.8. The number of nitrogens with two attached hydrogens (primary N) is 1. The van der Waals surface area contributed by atoms with Crippen LogP contribution < -0.4 is 11.1 Å². The second-order valence-corrected chi connectivity index (χ2v) is 5.28. The number of aromatic nitrogens is 6. The van der Waals surface area contributed by atoms with Crippen LogP contribution in [-0.2, 0) is 6.42 Å². The van der Waals surface area contributed by atoms with E-state index in [1.807, 2.05) is 31.2 Å². The molecule has 9 nitrogen and oxygen atoms in total. The molecule has 24 heavy (non-hydrogen) atoms. The van der Waals surface area contributed by atoms with Gasteiger partial charge in [0.2, 0.25) is 0 Å². The minimum atomic E-state index is -0.575. The van der Waals surface area contributed by atoms with Crippen molar-refractivity contribution in [2.75, 3.05) is 5.32 Å². The Morgan fingerprint density at radius 3 is 3.04 bits per heavy atom. The number of hydrogen-bond donors (Lipinski definition) is 3. The van der Waals surface area contributed by atoms with Gasteiger partial charge in [-0.15, -0.1) is 0 Å². The molecule has 0 aliphatic heterocycles. The number of carbonyl (C=O) groups is 1. The summed E-state index contributed by atoms with van der Waals surface area (Å²) in [5.74, 6) is 0.686. The van der Waals surface area contributed by atoms with Crippen molar-refractivity contribution in [3.8, 4) is 0 Å². The Kier molecular flexibility index (Phi) is 3.12. The molecule has 0 fully saturated rings. The van der Waals surface area contributed by atoms with Crippen molar-refractivity contribution >= 4 is 34.1 Å². The van der Waals surface area contributed by atoms with Crippen LogP contribution in [0.15, 0.2) is 30.6 Å². The zero-order valence-corrected chi connectivity index (χ0v) is 12.8.